The smallest absolute Gasteiger partial charge is 0.744 e. The summed E-state index contributed by atoms with van der Waals surface area (Å²) in [5.74, 6) is -1.41. The normalized spacial score (nSPS) is 11.9. The second-order valence-corrected chi connectivity index (χ2v) is 13.6. The molecule has 0 atom stereocenters. The fourth-order valence-corrected chi connectivity index (χ4v) is 6.59. The third kappa shape index (κ3) is 9.86. The maximum absolute atomic E-state index is 12.3. The summed E-state index contributed by atoms with van der Waals surface area (Å²) in [6.45, 7) is 2.09. The SMILES string of the molecule is CCNc1nc(Cl)nc(Nc2cc(S(=O)(=O)[O-])cc3cc(S(=O)(=O)[O-])c(N=Nc4ccc5ccccc5c4S(=O)(=O)[O-])c(O)c23)n1.[Na+].[Na+].[Na+]. The Morgan fingerprint density at radius 2 is 1.45 bits per heavy atom. The number of halogens is 1. The first-order valence-corrected chi connectivity index (χ1v) is 17.1. The Labute approximate surface area is 350 Å². The van der Waals surface area contributed by atoms with Gasteiger partial charge in [-0.3, -0.25) is 0 Å². The number of aromatic hydroxyl groups is 1. The standard InChI is InChI=1S/C25H20ClN7O10S3.3Na/c1-2-27-24-29-23(26)30-25(31-24)28-17-11-14(44(35,36)37)9-13-10-18(45(38,39)40)20(21(34)19(13)17)33-32-16-8-7-12-5-3-4-6-15(12)22(16)46(41,42)43;;;/h3-11,34H,2H2,1H3,(H,35,36,37)(H,38,39,40)(H,41,42,43)(H2,27,28,29,30,31);;;/q;3*+1/p-3. The molecule has 1 heterocycles. The fourth-order valence-electron chi connectivity index (χ4n) is 4.43. The van der Waals surface area contributed by atoms with Crippen LogP contribution in [-0.4, -0.2) is 65.5 Å². The summed E-state index contributed by atoms with van der Waals surface area (Å²) in [5, 5.41) is 23.2. The first kappa shape index (κ1) is 43.6. The summed E-state index contributed by atoms with van der Waals surface area (Å²) >= 11 is 5.95. The van der Waals surface area contributed by atoms with Crippen molar-refractivity contribution in [1.82, 2.24) is 15.0 Å². The molecule has 0 fully saturated rings. The zero-order chi connectivity index (χ0) is 33.6. The van der Waals surface area contributed by atoms with Gasteiger partial charge in [0.25, 0.3) is 0 Å². The third-order valence-electron chi connectivity index (χ3n) is 6.24. The second kappa shape index (κ2) is 16.8. The van der Waals surface area contributed by atoms with E-state index in [0.29, 0.717) is 24.1 Å². The van der Waals surface area contributed by atoms with E-state index in [-0.39, 0.29) is 111 Å². The van der Waals surface area contributed by atoms with Gasteiger partial charge in [0.2, 0.25) is 17.2 Å². The molecule has 4 aromatic carbocycles. The molecule has 0 amide bonds. The van der Waals surface area contributed by atoms with Crippen molar-refractivity contribution in [2.45, 2.75) is 21.6 Å². The van der Waals surface area contributed by atoms with E-state index < -0.39 is 78.6 Å². The van der Waals surface area contributed by atoms with Gasteiger partial charge in [-0.15, -0.1) is 10.2 Å². The molecule has 0 saturated carbocycles. The molecule has 17 nitrogen and oxygen atoms in total. The molecule has 0 aliphatic carbocycles. The largest absolute Gasteiger partial charge is 1.00 e. The van der Waals surface area contributed by atoms with Gasteiger partial charge in [-0.05, 0) is 53.6 Å². The van der Waals surface area contributed by atoms with Crippen LogP contribution >= 0.6 is 11.6 Å². The molecule has 0 spiro atoms. The number of anilines is 3. The Hall–Kier alpha value is -1.57. The van der Waals surface area contributed by atoms with Crippen LogP contribution in [-0.2, 0) is 30.4 Å². The van der Waals surface area contributed by atoms with E-state index in [1.807, 2.05) is 0 Å². The molecule has 24 heteroatoms. The van der Waals surface area contributed by atoms with Gasteiger partial charge in [0.15, 0.2) is 5.75 Å². The summed E-state index contributed by atoms with van der Waals surface area (Å²) in [7, 11) is -15.9. The van der Waals surface area contributed by atoms with Crippen LogP contribution in [0.1, 0.15) is 6.92 Å². The van der Waals surface area contributed by atoms with E-state index in [2.05, 4.69) is 35.8 Å². The van der Waals surface area contributed by atoms with Crippen molar-refractivity contribution in [2.24, 2.45) is 10.2 Å². The van der Waals surface area contributed by atoms with Crippen molar-refractivity contribution >= 4 is 92.5 Å². The van der Waals surface area contributed by atoms with Gasteiger partial charge < -0.3 is 29.4 Å². The molecular weight excluding hydrogens is 759 g/mol. The number of rotatable bonds is 9. The van der Waals surface area contributed by atoms with Crippen LogP contribution in [0.15, 0.2) is 79.5 Å². The monoisotopic (exact) mass is 775 g/mol. The molecule has 1 aromatic heterocycles. The van der Waals surface area contributed by atoms with Crippen molar-refractivity contribution in [1.29, 1.82) is 0 Å². The van der Waals surface area contributed by atoms with Gasteiger partial charge >= 0.3 is 88.7 Å². The predicted octanol–water partition coefficient (Wildman–Crippen LogP) is -5.15. The Bertz CT molecular complexity index is 2440. The number of hydrogen-bond donors (Lipinski definition) is 3. The minimum atomic E-state index is -5.51. The molecule has 0 aliphatic rings. The zero-order valence-corrected chi connectivity index (χ0v) is 35.1. The van der Waals surface area contributed by atoms with Crippen LogP contribution in [0.25, 0.3) is 21.5 Å². The predicted molar refractivity (Wildman–Crippen MR) is 160 cm³/mol. The van der Waals surface area contributed by atoms with Crippen molar-refractivity contribution in [3.05, 3.63) is 59.9 Å². The summed E-state index contributed by atoms with van der Waals surface area (Å²) in [6, 6.07) is 10.5. The Morgan fingerprint density at radius 1 is 0.796 bits per heavy atom. The number of hydrogen-bond acceptors (Lipinski definition) is 17. The molecule has 0 unspecified atom stereocenters. The Morgan fingerprint density at radius 3 is 2.06 bits per heavy atom. The average molecular weight is 776 g/mol. The maximum atomic E-state index is 12.3. The number of azo groups is 1. The van der Waals surface area contributed by atoms with Crippen molar-refractivity contribution in [3.63, 3.8) is 0 Å². The van der Waals surface area contributed by atoms with Crippen LogP contribution in [0.2, 0.25) is 5.28 Å². The molecular formula is C25H17ClN7Na3O10S3. The number of benzene rings is 4. The summed E-state index contributed by atoms with van der Waals surface area (Å²) in [5.41, 5.74) is -1.95. The van der Waals surface area contributed by atoms with Crippen LogP contribution in [0.5, 0.6) is 5.75 Å². The van der Waals surface area contributed by atoms with E-state index in [9.17, 15) is 44.0 Å². The minimum Gasteiger partial charge on any atom is -0.744 e. The molecule has 0 radical (unpaired) electrons. The molecule has 240 valence electrons. The average Bonchev–Trinajstić information content (AvgIpc) is 2.94. The topological polar surface area (TPSA) is 279 Å². The first-order chi connectivity index (χ1) is 21.5. The fraction of sp³-hybridized carbons (Fsp3) is 0.0800. The quantitative estimate of drug-likeness (QED) is 0.0717. The van der Waals surface area contributed by atoms with Gasteiger partial charge in [0.1, 0.15) is 41.7 Å². The van der Waals surface area contributed by atoms with Gasteiger partial charge in [-0.25, -0.2) is 25.3 Å². The second-order valence-electron chi connectivity index (χ2n) is 9.25. The van der Waals surface area contributed by atoms with E-state index in [0.717, 1.165) is 12.1 Å². The molecule has 5 rings (SSSR count). The Balaban J connectivity index is 0.00000278. The molecule has 49 heavy (non-hydrogen) atoms. The van der Waals surface area contributed by atoms with Crippen LogP contribution in [0.3, 0.4) is 0 Å². The summed E-state index contributed by atoms with van der Waals surface area (Å²) in [6.07, 6.45) is 0. The van der Waals surface area contributed by atoms with Gasteiger partial charge in [0, 0.05) is 17.3 Å². The van der Waals surface area contributed by atoms with Gasteiger partial charge in [0.05, 0.1) is 20.4 Å². The third-order valence-corrected chi connectivity index (χ3v) is 9.00. The number of fused-ring (bicyclic) bond motifs is 2. The molecule has 0 saturated heterocycles. The van der Waals surface area contributed by atoms with Crippen LogP contribution in [0, 0.1) is 0 Å². The first-order valence-electron chi connectivity index (χ1n) is 12.5. The van der Waals surface area contributed by atoms with Crippen molar-refractivity contribution in [3.8, 4) is 5.75 Å². The Kier molecular flexibility index (Phi) is 15.0. The van der Waals surface area contributed by atoms with E-state index >= 15 is 0 Å². The number of phenolic OH excluding ortho intramolecular Hbond substituents is 1. The molecule has 3 N–H and O–H groups in total. The number of nitrogens with one attached hydrogen (secondary N) is 2. The molecule has 0 bridgehead atoms. The number of nitrogens with zero attached hydrogens (tertiary/aromatic N) is 5. The van der Waals surface area contributed by atoms with Gasteiger partial charge in [-0.2, -0.15) is 15.0 Å². The summed E-state index contributed by atoms with van der Waals surface area (Å²) < 4.78 is 109. The zero-order valence-electron chi connectivity index (χ0n) is 25.9. The van der Waals surface area contributed by atoms with Crippen molar-refractivity contribution < 1.29 is 133 Å². The van der Waals surface area contributed by atoms with Crippen LogP contribution in [0.4, 0.5) is 29.0 Å². The van der Waals surface area contributed by atoms with E-state index in [1.165, 1.54) is 24.3 Å². The number of phenols is 1. The summed E-state index contributed by atoms with van der Waals surface area (Å²) in [4.78, 5) is 8.83. The van der Waals surface area contributed by atoms with Crippen LogP contribution < -0.4 is 99.3 Å². The minimum absolute atomic E-state index is 0. The van der Waals surface area contributed by atoms with Crippen molar-refractivity contribution in [2.75, 3.05) is 17.2 Å². The maximum Gasteiger partial charge on any atom is 1.00 e. The van der Waals surface area contributed by atoms with Gasteiger partial charge in [-0.1, -0.05) is 30.3 Å². The molecule has 0 aliphatic heterocycles. The number of aromatic nitrogens is 3. The molecule has 5 aromatic rings. The van der Waals surface area contributed by atoms with E-state index in [4.69, 9.17) is 11.6 Å². The van der Waals surface area contributed by atoms with E-state index in [1.54, 1.807) is 13.0 Å².